The molecule has 3 nitrogen and oxygen atoms in total. The van der Waals surface area contributed by atoms with Crippen LogP contribution < -0.4 is 0 Å². The molecular formula is C18H15NO2S. The van der Waals surface area contributed by atoms with E-state index in [0.29, 0.717) is 16.2 Å². The molecule has 0 aliphatic heterocycles. The van der Waals surface area contributed by atoms with Crippen molar-refractivity contribution in [3.05, 3.63) is 96.3 Å². The Morgan fingerprint density at radius 3 is 1.91 bits per heavy atom. The minimum atomic E-state index is -3.57. The molecular weight excluding hydrogens is 294 g/mol. The van der Waals surface area contributed by atoms with Crippen LogP contribution in [0.4, 0.5) is 0 Å². The maximum absolute atomic E-state index is 13.1. The van der Waals surface area contributed by atoms with Crippen LogP contribution in [-0.2, 0) is 9.84 Å². The van der Waals surface area contributed by atoms with E-state index in [1.54, 1.807) is 54.7 Å². The second-order valence-corrected chi connectivity index (χ2v) is 6.94. The van der Waals surface area contributed by atoms with Gasteiger partial charge in [0.2, 0.25) is 0 Å². The summed E-state index contributed by atoms with van der Waals surface area (Å²) in [6.45, 7) is 0. The molecule has 0 bridgehead atoms. The molecule has 3 aromatic rings. The van der Waals surface area contributed by atoms with E-state index in [0.717, 1.165) is 0 Å². The first kappa shape index (κ1) is 14.5. The summed E-state index contributed by atoms with van der Waals surface area (Å²) in [7, 11) is -3.57. The normalized spacial score (nSPS) is 12.7. The summed E-state index contributed by atoms with van der Waals surface area (Å²) in [6.07, 6.45) is 1.62. The molecule has 22 heavy (non-hydrogen) atoms. The summed E-state index contributed by atoms with van der Waals surface area (Å²) in [4.78, 5) is 4.57. The van der Waals surface area contributed by atoms with Crippen molar-refractivity contribution in [1.29, 1.82) is 0 Å². The van der Waals surface area contributed by atoms with Gasteiger partial charge in [-0.05, 0) is 29.8 Å². The smallest absolute Gasteiger partial charge is 0.191 e. The molecule has 1 atom stereocenters. The first-order chi connectivity index (χ1) is 10.7. The molecule has 0 spiro atoms. The molecule has 0 fully saturated rings. The first-order valence-electron chi connectivity index (χ1n) is 6.94. The molecule has 0 radical (unpaired) electrons. The van der Waals surface area contributed by atoms with Crippen LogP contribution in [0.3, 0.4) is 0 Å². The zero-order chi connectivity index (χ0) is 15.4. The van der Waals surface area contributed by atoms with Crippen molar-refractivity contribution >= 4 is 9.84 Å². The lowest BCUT2D eigenvalue weighted by atomic mass is 10.1. The quantitative estimate of drug-likeness (QED) is 0.739. The van der Waals surface area contributed by atoms with Gasteiger partial charge in [-0.15, -0.1) is 0 Å². The highest BCUT2D eigenvalue weighted by Gasteiger charge is 2.31. The molecule has 1 aromatic heterocycles. The van der Waals surface area contributed by atoms with Gasteiger partial charge in [0.15, 0.2) is 9.84 Å². The average molecular weight is 309 g/mol. The number of nitrogens with zero attached hydrogens (tertiary/aromatic N) is 1. The maximum Gasteiger partial charge on any atom is 0.191 e. The number of sulfone groups is 1. The molecule has 0 aliphatic rings. The fourth-order valence-corrected chi connectivity index (χ4v) is 4.20. The molecule has 0 amide bonds. The largest absolute Gasteiger partial charge is 0.260 e. The highest BCUT2D eigenvalue weighted by atomic mass is 32.2. The molecule has 0 saturated heterocycles. The van der Waals surface area contributed by atoms with Gasteiger partial charge in [0.05, 0.1) is 10.6 Å². The van der Waals surface area contributed by atoms with Gasteiger partial charge in [-0.2, -0.15) is 0 Å². The molecule has 1 unspecified atom stereocenters. The second kappa shape index (κ2) is 6.12. The summed E-state index contributed by atoms with van der Waals surface area (Å²) < 4.78 is 26.2. The monoisotopic (exact) mass is 309 g/mol. The third kappa shape index (κ3) is 2.78. The average Bonchev–Trinajstić information content (AvgIpc) is 2.58. The van der Waals surface area contributed by atoms with E-state index in [1.165, 1.54) is 0 Å². The van der Waals surface area contributed by atoms with Gasteiger partial charge in [0.1, 0.15) is 5.25 Å². The number of hydrogen-bond acceptors (Lipinski definition) is 3. The standard InChI is InChI=1S/C18H15NO2S/c20-22(21,16-11-5-2-6-12-16)18(15-9-3-1-4-10-15)17-13-7-8-14-19-17/h1-14,18H. The number of hydrogen-bond donors (Lipinski definition) is 0. The van der Waals surface area contributed by atoms with E-state index in [9.17, 15) is 8.42 Å². The van der Waals surface area contributed by atoms with Gasteiger partial charge in [-0.3, -0.25) is 4.98 Å². The third-order valence-corrected chi connectivity index (χ3v) is 5.50. The van der Waals surface area contributed by atoms with Crippen molar-refractivity contribution in [2.24, 2.45) is 0 Å². The van der Waals surface area contributed by atoms with Gasteiger partial charge in [-0.25, -0.2) is 8.42 Å². The number of pyridine rings is 1. The minimum Gasteiger partial charge on any atom is -0.260 e. The van der Waals surface area contributed by atoms with Crippen LogP contribution in [0.1, 0.15) is 16.5 Å². The van der Waals surface area contributed by atoms with Crippen molar-refractivity contribution in [1.82, 2.24) is 4.98 Å². The van der Waals surface area contributed by atoms with E-state index in [1.807, 2.05) is 30.3 Å². The molecule has 4 heteroatoms. The number of aromatic nitrogens is 1. The Labute approximate surface area is 130 Å². The Kier molecular flexibility index (Phi) is 4.02. The Hall–Kier alpha value is -2.46. The minimum absolute atomic E-state index is 0.300. The fourth-order valence-electron chi connectivity index (χ4n) is 2.41. The summed E-state index contributed by atoms with van der Waals surface area (Å²) >= 11 is 0. The van der Waals surface area contributed by atoms with Crippen LogP contribution in [0.15, 0.2) is 90.0 Å². The Morgan fingerprint density at radius 2 is 1.32 bits per heavy atom. The molecule has 1 heterocycles. The molecule has 2 aromatic carbocycles. The van der Waals surface area contributed by atoms with Crippen LogP contribution in [0.25, 0.3) is 0 Å². The summed E-state index contributed by atoms with van der Waals surface area (Å²) in [6, 6.07) is 23.0. The predicted molar refractivity (Wildman–Crippen MR) is 86.1 cm³/mol. The SMILES string of the molecule is O=S(=O)(c1ccccc1)C(c1ccccc1)c1ccccn1. The van der Waals surface area contributed by atoms with E-state index in [2.05, 4.69) is 4.98 Å². The molecule has 110 valence electrons. The van der Waals surface area contributed by atoms with Crippen LogP contribution in [0.2, 0.25) is 0 Å². The lowest BCUT2D eigenvalue weighted by Crippen LogP contribution is -2.16. The fraction of sp³-hybridized carbons (Fsp3) is 0.0556. The first-order valence-corrected chi connectivity index (χ1v) is 8.49. The molecule has 0 aliphatic carbocycles. The van der Waals surface area contributed by atoms with Crippen LogP contribution >= 0.6 is 0 Å². The van der Waals surface area contributed by atoms with E-state index in [4.69, 9.17) is 0 Å². The Balaban J connectivity index is 2.19. The predicted octanol–water partition coefficient (Wildman–Crippen LogP) is 3.64. The van der Waals surface area contributed by atoms with Crippen molar-refractivity contribution in [2.45, 2.75) is 10.1 Å². The van der Waals surface area contributed by atoms with Gasteiger partial charge in [-0.1, -0.05) is 54.6 Å². The zero-order valence-corrected chi connectivity index (χ0v) is 12.6. The van der Waals surface area contributed by atoms with Crippen molar-refractivity contribution in [3.63, 3.8) is 0 Å². The van der Waals surface area contributed by atoms with Crippen molar-refractivity contribution in [2.75, 3.05) is 0 Å². The number of rotatable bonds is 4. The van der Waals surface area contributed by atoms with Crippen LogP contribution in [0, 0.1) is 0 Å². The van der Waals surface area contributed by atoms with Crippen LogP contribution in [0.5, 0.6) is 0 Å². The topological polar surface area (TPSA) is 47.0 Å². The highest BCUT2D eigenvalue weighted by Crippen LogP contribution is 2.33. The summed E-state index contributed by atoms with van der Waals surface area (Å²) in [5.41, 5.74) is 1.24. The lowest BCUT2D eigenvalue weighted by Gasteiger charge is -2.18. The van der Waals surface area contributed by atoms with Gasteiger partial charge < -0.3 is 0 Å². The van der Waals surface area contributed by atoms with Gasteiger partial charge in [0, 0.05) is 6.20 Å². The van der Waals surface area contributed by atoms with Crippen molar-refractivity contribution in [3.8, 4) is 0 Å². The van der Waals surface area contributed by atoms with E-state index in [-0.39, 0.29) is 0 Å². The number of benzene rings is 2. The molecule has 0 N–H and O–H groups in total. The Bertz CT molecular complexity index is 793. The van der Waals surface area contributed by atoms with Gasteiger partial charge >= 0.3 is 0 Å². The third-order valence-electron chi connectivity index (χ3n) is 3.44. The van der Waals surface area contributed by atoms with Crippen molar-refractivity contribution < 1.29 is 8.42 Å². The maximum atomic E-state index is 13.1. The molecule has 3 rings (SSSR count). The van der Waals surface area contributed by atoms with E-state index < -0.39 is 15.1 Å². The van der Waals surface area contributed by atoms with Crippen LogP contribution in [-0.4, -0.2) is 13.4 Å². The summed E-state index contributed by atoms with van der Waals surface area (Å²) in [5, 5.41) is -0.808. The van der Waals surface area contributed by atoms with E-state index >= 15 is 0 Å². The summed E-state index contributed by atoms with van der Waals surface area (Å²) in [5.74, 6) is 0. The molecule has 0 saturated carbocycles. The second-order valence-electron chi connectivity index (χ2n) is 4.90. The lowest BCUT2D eigenvalue weighted by molar-refractivity contribution is 0.588. The zero-order valence-electron chi connectivity index (χ0n) is 11.8. The highest BCUT2D eigenvalue weighted by molar-refractivity contribution is 7.91. The van der Waals surface area contributed by atoms with Gasteiger partial charge in [0.25, 0.3) is 0 Å². The Morgan fingerprint density at radius 1 is 0.727 bits per heavy atom.